The van der Waals surface area contributed by atoms with Gasteiger partial charge < -0.3 is 36.6 Å². The van der Waals surface area contributed by atoms with E-state index < -0.39 is 69.7 Å². The fraction of sp³-hybridized carbons (Fsp3) is 0.567. The van der Waals surface area contributed by atoms with Gasteiger partial charge in [-0.15, -0.1) is 0 Å². The van der Waals surface area contributed by atoms with Crippen LogP contribution >= 0.6 is 0 Å². The van der Waals surface area contributed by atoms with Crippen molar-refractivity contribution in [3.05, 3.63) is 40.2 Å². The van der Waals surface area contributed by atoms with Crippen LogP contribution in [-0.2, 0) is 20.8 Å². The second kappa shape index (κ2) is 10.5. The van der Waals surface area contributed by atoms with E-state index in [4.69, 9.17) is 5.73 Å². The maximum Gasteiger partial charge on any atom is 0.255 e. The highest BCUT2D eigenvalue weighted by atomic mass is 16.4. The van der Waals surface area contributed by atoms with Crippen molar-refractivity contribution in [2.75, 3.05) is 19.4 Å². The predicted molar refractivity (Wildman–Crippen MR) is 150 cm³/mol. The molecule has 222 valence electrons. The van der Waals surface area contributed by atoms with Gasteiger partial charge in [0.2, 0.25) is 5.78 Å². The van der Waals surface area contributed by atoms with E-state index in [9.17, 15) is 39.9 Å². The minimum atomic E-state index is -2.91. The molecule has 2 fully saturated rings. The lowest BCUT2D eigenvalue weighted by atomic mass is 9.56. The molecule has 0 spiro atoms. The van der Waals surface area contributed by atoms with Crippen molar-refractivity contribution in [3.63, 3.8) is 0 Å². The number of Topliss-reactive ketones (excluding diaryl/α,β-unsaturated/α-hetero) is 2. The number of phenols is 1. The van der Waals surface area contributed by atoms with Gasteiger partial charge in [0.05, 0.1) is 29.3 Å². The molecule has 0 heterocycles. The van der Waals surface area contributed by atoms with Crippen molar-refractivity contribution in [3.8, 4) is 5.75 Å². The molecule has 8 N–H and O–H groups in total. The molecule has 0 aliphatic heterocycles. The lowest BCUT2D eigenvalue weighted by Crippen LogP contribution is -2.70. The largest absolute Gasteiger partial charge is 0.508 e. The molecule has 0 bridgehead atoms. The van der Waals surface area contributed by atoms with Crippen LogP contribution in [-0.4, -0.2) is 85.8 Å². The van der Waals surface area contributed by atoms with Crippen molar-refractivity contribution in [1.29, 1.82) is 0 Å². The Morgan fingerprint density at radius 2 is 1.78 bits per heavy atom. The Hall–Kier alpha value is -3.41. The van der Waals surface area contributed by atoms with Crippen LogP contribution in [0.25, 0.3) is 5.76 Å². The molecule has 4 aliphatic carbocycles. The van der Waals surface area contributed by atoms with Crippen molar-refractivity contribution in [2.45, 2.75) is 75.7 Å². The first-order valence-corrected chi connectivity index (χ1v) is 14.3. The SMILES string of the molecule is CCCC1CCC(Nc2ccc3c(c2O)C(O)=C2C(=O)[C@]4(O)C(O)=C(C(N)=O)C(=O)[C@@H](N(C)C)[C@@H]4[C@@H](O)[C@@H]2C3)CC1. The number of nitrogens with two attached hydrogens (primary N) is 1. The number of nitrogens with zero attached hydrogens (tertiary/aromatic N) is 1. The van der Waals surface area contributed by atoms with Gasteiger partial charge in [0.25, 0.3) is 5.91 Å². The quantitative estimate of drug-likeness (QED) is 0.196. The van der Waals surface area contributed by atoms with E-state index in [1.54, 1.807) is 12.1 Å². The number of rotatable bonds is 6. The molecule has 11 heteroatoms. The first kappa shape index (κ1) is 29.1. The van der Waals surface area contributed by atoms with Gasteiger partial charge in [0.1, 0.15) is 22.8 Å². The summed E-state index contributed by atoms with van der Waals surface area (Å²) in [5.41, 5.74) is 1.98. The zero-order chi connectivity index (χ0) is 30.0. The molecule has 5 atom stereocenters. The lowest BCUT2D eigenvalue weighted by molar-refractivity contribution is -0.168. The normalized spacial score (nSPS) is 33.4. The van der Waals surface area contributed by atoms with E-state index >= 15 is 0 Å². The van der Waals surface area contributed by atoms with Crippen LogP contribution in [0.15, 0.2) is 29.0 Å². The topological polar surface area (TPSA) is 194 Å². The van der Waals surface area contributed by atoms with Gasteiger partial charge in [-0.3, -0.25) is 19.3 Å². The Morgan fingerprint density at radius 3 is 2.37 bits per heavy atom. The number of fused-ring (bicyclic) bond motifs is 3. The zero-order valence-corrected chi connectivity index (χ0v) is 23.6. The summed E-state index contributed by atoms with van der Waals surface area (Å²) in [6.45, 7) is 2.18. The highest BCUT2D eigenvalue weighted by Gasteiger charge is 2.67. The van der Waals surface area contributed by atoms with E-state index in [2.05, 4.69) is 12.2 Å². The fourth-order valence-corrected chi connectivity index (χ4v) is 7.57. The number of aromatic hydroxyl groups is 1. The maximum absolute atomic E-state index is 14.0. The van der Waals surface area contributed by atoms with Crippen LogP contribution in [0.1, 0.15) is 56.6 Å². The highest BCUT2D eigenvalue weighted by molar-refractivity contribution is 6.24. The molecule has 0 radical (unpaired) electrons. The van der Waals surface area contributed by atoms with Gasteiger partial charge >= 0.3 is 0 Å². The minimum Gasteiger partial charge on any atom is -0.508 e. The number of likely N-dealkylation sites (N-methyl/N-ethyl adjacent to an activating group) is 1. The highest BCUT2D eigenvalue weighted by Crippen LogP contribution is 2.53. The second-order valence-electron chi connectivity index (χ2n) is 12.2. The Bertz CT molecular complexity index is 1360. The smallest absolute Gasteiger partial charge is 0.255 e. The summed E-state index contributed by atoms with van der Waals surface area (Å²) < 4.78 is 0. The molecule has 1 aromatic rings. The average Bonchev–Trinajstić information content (AvgIpc) is 2.91. The van der Waals surface area contributed by atoms with Crippen LogP contribution < -0.4 is 11.1 Å². The molecule has 0 saturated heterocycles. The molecule has 0 unspecified atom stereocenters. The summed E-state index contributed by atoms with van der Waals surface area (Å²) in [6, 6.07) is 2.19. The average molecular weight is 570 g/mol. The number of benzene rings is 1. The molecule has 4 aliphatic rings. The summed E-state index contributed by atoms with van der Waals surface area (Å²) in [5.74, 6) is -7.47. The molecule has 11 nitrogen and oxygen atoms in total. The fourth-order valence-electron chi connectivity index (χ4n) is 7.57. The van der Waals surface area contributed by atoms with Gasteiger partial charge in [-0.1, -0.05) is 25.8 Å². The number of hydrogen-bond donors (Lipinski definition) is 7. The molecule has 1 amide bonds. The van der Waals surface area contributed by atoms with Gasteiger partial charge in [-0.2, -0.15) is 0 Å². The minimum absolute atomic E-state index is 0.00171. The van der Waals surface area contributed by atoms with Crippen molar-refractivity contribution >= 4 is 28.9 Å². The molecule has 41 heavy (non-hydrogen) atoms. The monoisotopic (exact) mass is 569 g/mol. The third-order valence-corrected chi connectivity index (χ3v) is 9.58. The van der Waals surface area contributed by atoms with Crippen LogP contribution in [0.2, 0.25) is 0 Å². The van der Waals surface area contributed by atoms with Gasteiger partial charge in [0.15, 0.2) is 11.4 Å². The first-order chi connectivity index (χ1) is 19.3. The summed E-state index contributed by atoms with van der Waals surface area (Å²) in [5, 5.41) is 60.3. The number of anilines is 1. The Morgan fingerprint density at radius 1 is 1.12 bits per heavy atom. The Balaban J connectivity index is 1.57. The van der Waals surface area contributed by atoms with E-state index in [1.807, 2.05) is 0 Å². The number of phenolic OH excluding ortho intramolecular Hbond substituents is 1. The summed E-state index contributed by atoms with van der Waals surface area (Å²) in [4.78, 5) is 40.6. The Kier molecular flexibility index (Phi) is 7.42. The van der Waals surface area contributed by atoms with Crippen LogP contribution in [0, 0.1) is 17.8 Å². The van der Waals surface area contributed by atoms with E-state index in [1.165, 1.54) is 25.4 Å². The molecule has 1 aromatic carbocycles. The number of carbonyl (C=O) groups excluding carboxylic acids is 3. The number of aliphatic hydroxyl groups is 4. The molecular weight excluding hydrogens is 530 g/mol. The number of ketones is 2. The third-order valence-electron chi connectivity index (χ3n) is 9.58. The molecular formula is C30H39N3O8. The number of aliphatic hydroxyl groups excluding tert-OH is 3. The van der Waals surface area contributed by atoms with E-state index in [-0.39, 0.29) is 23.8 Å². The predicted octanol–water partition coefficient (Wildman–Crippen LogP) is 1.71. The van der Waals surface area contributed by atoms with Crippen LogP contribution in [0.4, 0.5) is 5.69 Å². The molecule has 2 saturated carbocycles. The van der Waals surface area contributed by atoms with Gasteiger partial charge in [0, 0.05) is 17.5 Å². The number of carbonyl (C=O) groups is 3. The van der Waals surface area contributed by atoms with Crippen LogP contribution in [0.3, 0.4) is 0 Å². The van der Waals surface area contributed by atoms with Crippen molar-refractivity contribution in [2.24, 2.45) is 23.5 Å². The van der Waals surface area contributed by atoms with Crippen molar-refractivity contribution < 1.29 is 39.9 Å². The maximum atomic E-state index is 14.0. The molecule has 0 aromatic heterocycles. The Labute approximate surface area is 238 Å². The first-order valence-electron chi connectivity index (χ1n) is 14.3. The van der Waals surface area contributed by atoms with E-state index in [0.717, 1.165) is 32.1 Å². The molecule has 5 rings (SSSR count). The lowest BCUT2D eigenvalue weighted by Gasteiger charge is -2.52. The van der Waals surface area contributed by atoms with Crippen molar-refractivity contribution in [1.82, 2.24) is 4.90 Å². The van der Waals surface area contributed by atoms with Gasteiger partial charge in [-0.05, 0) is 63.7 Å². The van der Waals surface area contributed by atoms with E-state index in [0.29, 0.717) is 17.2 Å². The summed E-state index contributed by atoms with van der Waals surface area (Å²) >= 11 is 0. The summed E-state index contributed by atoms with van der Waals surface area (Å²) in [7, 11) is 2.95. The van der Waals surface area contributed by atoms with Crippen LogP contribution in [0.5, 0.6) is 5.75 Å². The van der Waals surface area contributed by atoms with Gasteiger partial charge in [-0.25, -0.2) is 0 Å². The number of primary amides is 1. The summed E-state index contributed by atoms with van der Waals surface area (Å²) in [6.07, 6.45) is 4.82. The zero-order valence-electron chi connectivity index (χ0n) is 23.6. The number of amides is 1. The second-order valence-corrected chi connectivity index (χ2v) is 12.2. The third kappa shape index (κ3) is 4.33. The number of nitrogens with one attached hydrogen (secondary N) is 1. The number of hydrogen-bond acceptors (Lipinski definition) is 10. The standard InChI is InChI=1S/C30H39N3O8/c1-4-5-13-6-9-15(10-7-13)32-17-11-8-14-12-16-19(25(36)18(14)24(17)35)27(38)30(41)21(23(16)34)22(33(2)3)26(37)20(28(30)39)29(31)40/h8,11,13,15-16,21-23,32,34-36,39,41H,4-7,9-10,12H2,1-3H3,(H2,31,40)/t13?,15?,16-,21-,22+,23+,30+/m1/s1.